The predicted molar refractivity (Wildman–Crippen MR) is 84.9 cm³/mol. The quantitative estimate of drug-likeness (QED) is 0.907. The smallest absolute Gasteiger partial charge is 0.115 e. The molecule has 1 N–H and O–H groups in total. The lowest BCUT2D eigenvalue weighted by molar-refractivity contribution is -0.0112. The van der Waals surface area contributed by atoms with Crippen molar-refractivity contribution in [3.8, 4) is 5.75 Å². The van der Waals surface area contributed by atoms with E-state index in [-0.39, 0.29) is 18.5 Å². The first-order valence-corrected chi connectivity index (χ1v) is 7.35. The molecule has 4 heteroatoms. The molecule has 2 rings (SSSR count). The third kappa shape index (κ3) is 3.66. The molecule has 1 aromatic carbocycles. The molecule has 0 saturated heterocycles. The number of benzene rings is 1. The summed E-state index contributed by atoms with van der Waals surface area (Å²) in [6, 6.07) is 6.15. The molecular weight excluding hydrogens is 274 g/mol. The zero-order valence-corrected chi connectivity index (χ0v) is 13.4. The van der Waals surface area contributed by atoms with E-state index >= 15 is 0 Å². The first-order chi connectivity index (χ1) is 9.19. The minimum absolute atomic E-state index is 0. The van der Waals surface area contributed by atoms with Crippen LogP contribution in [0.25, 0.3) is 0 Å². The van der Waals surface area contributed by atoms with Crippen molar-refractivity contribution in [2.45, 2.75) is 45.8 Å². The number of aromatic hydroxyl groups is 1. The van der Waals surface area contributed by atoms with Gasteiger partial charge in [-0.3, -0.25) is 4.90 Å². The zero-order valence-electron chi connectivity index (χ0n) is 12.6. The highest BCUT2D eigenvalue weighted by Crippen LogP contribution is 2.29. The van der Waals surface area contributed by atoms with E-state index in [1.54, 1.807) is 6.07 Å². The van der Waals surface area contributed by atoms with E-state index in [2.05, 4.69) is 25.7 Å². The van der Waals surface area contributed by atoms with Crippen LogP contribution in [-0.2, 0) is 17.6 Å². The zero-order chi connectivity index (χ0) is 13.8. The highest BCUT2D eigenvalue weighted by atomic mass is 35.5. The van der Waals surface area contributed by atoms with Gasteiger partial charge >= 0.3 is 0 Å². The number of hydrogen-bond donors (Lipinski definition) is 1. The monoisotopic (exact) mass is 299 g/mol. The normalized spacial score (nSPS) is 21.4. The van der Waals surface area contributed by atoms with Crippen LogP contribution >= 0.6 is 12.4 Å². The fourth-order valence-corrected chi connectivity index (χ4v) is 3.15. The summed E-state index contributed by atoms with van der Waals surface area (Å²) >= 11 is 0. The Kier molecular flexibility index (Phi) is 6.80. The van der Waals surface area contributed by atoms with Gasteiger partial charge in [0.05, 0.1) is 6.10 Å². The third-order valence-electron chi connectivity index (χ3n) is 4.13. The number of ether oxygens (including phenoxy) is 1. The van der Waals surface area contributed by atoms with Gasteiger partial charge in [0, 0.05) is 19.1 Å². The summed E-state index contributed by atoms with van der Waals surface area (Å²) in [6.45, 7) is 9.30. The Bertz CT molecular complexity index is 421. The number of nitrogens with zero attached hydrogens (tertiary/aromatic N) is 1. The van der Waals surface area contributed by atoms with Gasteiger partial charge in [0.1, 0.15) is 5.75 Å². The number of halogens is 1. The lowest BCUT2D eigenvalue weighted by atomic mass is 9.85. The van der Waals surface area contributed by atoms with Gasteiger partial charge in [0.25, 0.3) is 0 Å². The molecule has 3 nitrogen and oxygen atoms in total. The first kappa shape index (κ1) is 17.3. The Morgan fingerprint density at radius 3 is 2.45 bits per heavy atom. The molecule has 0 bridgehead atoms. The maximum absolute atomic E-state index is 9.65. The van der Waals surface area contributed by atoms with Crippen LogP contribution in [0.4, 0.5) is 0 Å². The number of fused-ring (bicyclic) bond motifs is 1. The lowest BCUT2D eigenvalue weighted by Crippen LogP contribution is -2.49. The lowest BCUT2D eigenvalue weighted by Gasteiger charge is -2.39. The maximum Gasteiger partial charge on any atom is 0.115 e. The topological polar surface area (TPSA) is 32.7 Å². The van der Waals surface area contributed by atoms with Crippen molar-refractivity contribution < 1.29 is 9.84 Å². The van der Waals surface area contributed by atoms with Crippen LogP contribution < -0.4 is 0 Å². The molecule has 0 radical (unpaired) electrons. The van der Waals surface area contributed by atoms with Crippen molar-refractivity contribution in [2.75, 3.05) is 19.7 Å². The Morgan fingerprint density at radius 1 is 1.15 bits per heavy atom. The highest BCUT2D eigenvalue weighted by molar-refractivity contribution is 5.85. The first-order valence-electron chi connectivity index (χ1n) is 7.35. The van der Waals surface area contributed by atoms with Crippen LogP contribution in [-0.4, -0.2) is 41.8 Å². The van der Waals surface area contributed by atoms with Gasteiger partial charge < -0.3 is 9.84 Å². The molecule has 0 saturated carbocycles. The van der Waals surface area contributed by atoms with Gasteiger partial charge in [-0.15, -0.1) is 12.4 Å². The van der Waals surface area contributed by atoms with Crippen LogP contribution in [0.15, 0.2) is 18.2 Å². The summed E-state index contributed by atoms with van der Waals surface area (Å²) in [6.07, 6.45) is 2.18. The molecule has 0 amide bonds. The van der Waals surface area contributed by atoms with Crippen LogP contribution in [0.3, 0.4) is 0 Å². The van der Waals surface area contributed by atoms with Gasteiger partial charge in [-0.05, 0) is 49.7 Å². The molecule has 20 heavy (non-hydrogen) atoms. The summed E-state index contributed by atoms with van der Waals surface area (Å²) in [5, 5.41) is 9.65. The second-order valence-electron chi connectivity index (χ2n) is 5.14. The van der Waals surface area contributed by atoms with E-state index in [1.165, 1.54) is 11.1 Å². The Balaban J connectivity index is 0.00000200. The van der Waals surface area contributed by atoms with Gasteiger partial charge in [0.2, 0.25) is 0 Å². The van der Waals surface area contributed by atoms with E-state index in [1.807, 2.05) is 12.1 Å². The molecule has 1 aliphatic rings. The SMILES string of the molecule is CCOC1Cc2ccc(O)cc2CC1N(CC)CC.Cl. The second kappa shape index (κ2) is 7.87. The minimum atomic E-state index is 0. The van der Waals surface area contributed by atoms with E-state index in [0.717, 1.165) is 32.5 Å². The summed E-state index contributed by atoms with van der Waals surface area (Å²) in [5.74, 6) is 0.368. The van der Waals surface area contributed by atoms with Crippen molar-refractivity contribution in [3.63, 3.8) is 0 Å². The van der Waals surface area contributed by atoms with Crippen molar-refractivity contribution in [2.24, 2.45) is 0 Å². The highest BCUT2D eigenvalue weighted by Gasteiger charge is 2.32. The van der Waals surface area contributed by atoms with Crippen molar-refractivity contribution >= 4 is 12.4 Å². The summed E-state index contributed by atoms with van der Waals surface area (Å²) < 4.78 is 5.96. The molecule has 2 atom stereocenters. The molecule has 1 aliphatic carbocycles. The average molecular weight is 300 g/mol. The number of rotatable bonds is 5. The molecular formula is C16H26ClNO2. The Labute approximate surface area is 128 Å². The van der Waals surface area contributed by atoms with E-state index in [4.69, 9.17) is 4.74 Å². The molecule has 2 unspecified atom stereocenters. The minimum Gasteiger partial charge on any atom is -0.508 e. The predicted octanol–water partition coefficient (Wildman–Crippen LogP) is 3.03. The van der Waals surface area contributed by atoms with E-state index < -0.39 is 0 Å². The molecule has 0 spiro atoms. The van der Waals surface area contributed by atoms with Crippen LogP contribution in [0, 0.1) is 0 Å². The molecule has 114 valence electrons. The molecule has 1 aromatic rings. The van der Waals surface area contributed by atoms with Crippen molar-refractivity contribution in [3.05, 3.63) is 29.3 Å². The number of hydrogen-bond acceptors (Lipinski definition) is 3. The summed E-state index contributed by atoms with van der Waals surface area (Å²) in [7, 11) is 0. The van der Waals surface area contributed by atoms with E-state index in [0.29, 0.717) is 11.8 Å². The Morgan fingerprint density at radius 2 is 1.85 bits per heavy atom. The summed E-state index contributed by atoms with van der Waals surface area (Å²) in [4.78, 5) is 2.47. The number of phenolic OH excluding ortho intramolecular Hbond substituents is 1. The van der Waals surface area contributed by atoms with Crippen molar-refractivity contribution in [1.29, 1.82) is 0 Å². The Hall–Kier alpha value is -0.770. The van der Waals surface area contributed by atoms with Crippen molar-refractivity contribution in [1.82, 2.24) is 4.90 Å². The summed E-state index contributed by atoms with van der Waals surface area (Å²) in [5.41, 5.74) is 2.59. The van der Waals surface area contributed by atoms with Gasteiger partial charge in [0.15, 0.2) is 0 Å². The maximum atomic E-state index is 9.65. The molecule has 0 aromatic heterocycles. The van der Waals surface area contributed by atoms with Crippen LogP contribution in [0.2, 0.25) is 0 Å². The second-order valence-corrected chi connectivity index (χ2v) is 5.14. The van der Waals surface area contributed by atoms with Crippen LogP contribution in [0.5, 0.6) is 5.75 Å². The van der Waals surface area contributed by atoms with Gasteiger partial charge in [-0.2, -0.15) is 0 Å². The molecule has 0 aliphatic heterocycles. The average Bonchev–Trinajstić information content (AvgIpc) is 2.41. The molecule has 0 fully saturated rings. The molecule has 0 heterocycles. The number of likely N-dealkylation sites (N-methyl/N-ethyl adjacent to an activating group) is 1. The van der Waals surface area contributed by atoms with Crippen LogP contribution in [0.1, 0.15) is 31.9 Å². The fraction of sp³-hybridized carbons (Fsp3) is 0.625. The fourth-order valence-electron chi connectivity index (χ4n) is 3.15. The number of phenols is 1. The van der Waals surface area contributed by atoms with Gasteiger partial charge in [-0.25, -0.2) is 0 Å². The largest absolute Gasteiger partial charge is 0.508 e. The standard InChI is InChI=1S/C16H25NO2.ClH/c1-4-17(5-2)15-10-13-9-14(18)8-7-12(13)11-16(15)19-6-3;/h7-9,15-16,18H,4-6,10-11H2,1-3H3;1H. The van der Waals surface area contributed by atoms with Gasteiger partial charge in [-0.1, -0.05) is 19.9 Å². The third-order valence-corrected chi connectivity index (χ3v) is 4.13. The van der Waals surface area contributed by atoms with E-state index in [9.17, 15) is 5.11 Å².